The number of hydrogen-bond donors (Lipinski definition) is 1. The molecule has 0 radical (unpaired) electrons. The average Bonchev–Trinajstić information content (AvgIpc) is 2.48. The molecule has 1 amide bonds. The molecule has 4 nitrogen and oxygen atoms in total. The van der Waals surface area contributed by atoms with Crippen LogP contribution in [0.5, 0.6) is 0 Å². The van der Waals surface area contributed by atoms with E-state index >= 15 is 0 Å². The van der Waals surface area contributed by atoms with Crippen LogP contribution in [0, 0.1) is 12.7 Å². The highest BCUT2D eigenvalue weighted by Gasteiger charge is 2.15. The van der Waals surface area contributed by atoms with Crippen LogP contribution < -0.4 is 5.32 Å². The van der Waals surface area contributed by atoms with Crippen molar-refractivity contribution in [2.75, 3.05) is 11.1 Å². The van der Waals surface area contributed by atoms with Gasteiger partial charge >= 0.3 is 0 Å². The van der Waals surface area contributed by atoms with Crippen LogP contribution in [0.15, 0.2) is 48.5 Å². The summed E-state index contributed by atoms with van der Waals surface area (Å²) in [6.07, 6.45) is -0.162. The molecular weight excluding hydrogens is 317 g/mol. The molecule has 0 spiro atoms. The Hall–Kier alpha value is -2.21. The number of nitrogens with one attached hydrogen (secondary N) is 1. The molecule has 0 aromatic heterocycles. The first-order valence-electron chi connectivity index (χ1n) is 7.16. The van der Waals surface area contributed by atoms with Crippen LogP contribution in [0.3, 0.4) is 0 Å². The fourth-order valence-electron chi connectivity index (χ4n) is 2.12. The summed E-state index contributed by atoms with van der Waals surface area (Å²) in [7, 11) is -3.39. The van der Waals surface area contributed by atoms with Crippen LogP contribution in [0.1, 0.15) is 17.5 Å². The molecule has 0 saturated heterocycles. The molecule has 2 rings (SSSR count). The quantitative estimate of drug-likeness (QED) is 0.882. The first kappa shape index (κ1) is 17.1. The second kappa shape index (κ2) is 7.37. The SMILES string of the molecule is Cc1ccccc1CS(=O)(=O)CCC(=O)Nc1cccc(F)c1. The maximum Gasteiger partial charge on any atom is 0.225 e. The van der Waals surface area contributed by atoms with Gasteiger partial charge in [0.1, 0.15) is 5.82 Å². The van der Waals surface area contributed by atoms with Crippen molar-refractivity contribution in [3.63, 3.8) is 0 Å². The zero-order valence-electron chi connectivity index (χ0n) is 12.8. The summed E-state index contributed by atoms with van der Waals surface area (Å²) >= 11 is 0. The molecule has 6 heteroatoms. The second-order valence-electron chi connectivity index (χ2n) is 5.33. The topological polar surface area (TPSA) is 63.2 Å². The first-order valence-corrected chi connectivity index (χ1v) is 8.98. The lowest BCUT2D eigenvalue weighted by Crippen LogP contribution is -2.18. The van der Waals surface area contributed by atoms with Crippen LogP contribution in [-0.4, -0.2) is 20.1 Å². The minimum Gasteiger partial charge on any atom is -0.326 e. The Kier molecular flexibility index (Phi) is 5.50. The molecule has 0 fully saturated rings. The third-order valence-corrected chi connectivity index (χ3v) is 4.96. The van der Waals surface area contributed by atoms with Crippen molar-refractivity contribution >= 4 is 21.4 Å². The molecule has 0 aliphatic carbocycles. The summed E-state index contributed by atoms with van der Waals surface area (Å²) < 4.78 is 37.3. The van der Waals surface area contributed by atoms with Gasteiger partial charge in [-0.15, -0.1) is 0 Å². The van der Waals surface area contributed by atoms with Crippen molar-refractivity contribution in [1.29, 1.82) is 0 Å². The highest BCUT2D eigenvalue weighted by atomic mass is 32.2. The van der Waals surface area contributed by atoms with E-state index in [1.165, 1.54) is 18.2 Å². The summed E-state index contributed by atoms with van der Waals surface area (Å²) in [5, 5.41) is 2.49. The zero-order valence-corrected chi connectivity index (χ0v) is 13.6. The summed E-state index contributed by atoms with van der Waals surface area (Å²) in [6.45, 7) is 1.85. The number of halogens is 1. The van der Waals surface area contributed by atoms with Gasteiger partial charge in [0.2, 0.25) is 5.91 Å². The lowest BCUT2D eigenvalue weighted by molar-refractivity contribution is -0.115. The molecule has 0 saturated carbocycles. The molecule has 122 valence electrons. The van der Waals surface area contributed by atoms with Crippen LogP contribution in [0.4, 0.5) is 10.1 Å². The number of aryl methyl sites for hydroxylation is 1. The summed E-state index contributed by atoms with van der Waals surface area (Å²) in [6, 6.07) is 12.7. The Balaban J connectivity index is 1.91. The Morgan fingerprint density at radius 1 is 1.13 bits per heavy atom. The van der Waals surface area contributed by atoms with Gasteiger partial charge in [-0.25, -0.2) is 12.8 Å². The van der Waals surface area contributed by atoms with E-state index in [4.69, 9.17) is 0 Å². The Morgan fingerprint density at radius 3 is 2.57 bits per heavy atom. The standard InChI is InChI=1S/C17H18FNO3S/c1-13-5-2-3-6-14(13)12-23(21,22)10-9-17(20)19-16-8-4-7-15(18)11-16/h2-8,11H,9-10,12H2,1H3,(H,19,20). The highest BCUT2D eigenvalue weighted by Crippen LogP contribution is 2.13. The number of sulfone groups is 1. The van der Waals surface area contributed by atoms with E-state index in [-0.39, 0.29) is 17.9 Å². The van der Waals surface area contributed by atoms with E-state index in [0.29, 0.717) is 5.69 Å². The number of benzene rings is 2. The van der Waals surface area contributed by atoms with Crippen molar-refractivity contribution in [3.05, 3.63) is 65.5 Å². The van der Waals surface area contributed by atoms with Gasteiger partial charge in [0.25, 0.3) is 0 Å². The molecule has 0 atom stereocenters. The van der Waals surface area contributed by atoms with Crippen molar-refractivity contribution in [3.8, 4) is 0 Å². The van der Waals surface area contributed by atoms with Gasteiger partial charge in [-0.05, 0) is 36.2 Å². The molecule has 0 unspecified atom stereocenters. The van der Waals surface area contributed by atoms with Gasteiger partial charge < -0.3 is 5.32 Å². The number of amides is 1. The lowest BCUT2D eigenvalue weighted by atomic mass is 10.1. The highest BCUT2D eigenvalue weighted by molar-refractivity contribution is 7.90. The number of carbonyl (C=O) groups excluding carboxylic acids is 1. The Bertz CT molecular complexity index is 803. The molecule has 0 heterocycles. The molecule has 2 aromatic carbocycles. The van der Waals surface area contributed by atoms with Crippen molar-refractivity contribution in [1.82, 2.24) is 0 Å². The predicted molar refractivity (Wildman–Crippen MR) is 88.3 cm³/mol. The Labute approximate surface area is 135 Å². The maximum absolute atomic E-state index is 13.0. The molecule has 23 heavy (non-hydrogen) atoms. The first-order chi connectivity index (χ1) is 10.9. The van der Waals surface area contributed by atoms with E-state index in [2.05, 4.69) is 5.32 Å². The van der Waals surface area contributed by atoms with Crippen LogP contribution in [-0.2, 0) is 20.4 Å². The van der Waals surface area contributed by atoms with Gasteiger partial charge in [0, 0.05) is 12.1 Å². The summed E-state index contributed by atoms with van der Waals surface area (Å²) in [5.41, 5.74) is 1.95. The largest absolute Gasteiger partial charge is 0.326 e. The molecule has 1 N–H and O–H groups in total. The normalized spacial score (nSPS) is 11.2. The average molecular weight is 335 g/mol. The third kappa shape index (κ3) is 5.49. The number of rotatable bonds is 6. The van der Waals surface area contributed by atoms with Gasteiger partial charge in [-0.2, -0.15) is 0 Å². The number of carbonyl (C=O) groups is 1. The summed E-state index contributed by atoms with van der Waals surface area (Å²) in [5.74, 6) is -1.26. The minimum absolute atomic E-state index is 0.0904. The fraction of sp³-hybridized carbons (Fsp3) is 0.235. The fourth-order valence-corrected chi connectivity index (χ4v) is 3.56. The maximum atomic E-state index is 13.0. The molecular formula is C17H18FNO3S. The molecule has 0 aliphatic heterocycles. The smallest absolute Gasteiger partial charge is 0.225 e. The Morgan fingerprint density at radius 2 is 1.87 bits per heavy atom. The minimum atomic E-state index is -3.39. The summed E-state index contributed by atoms with van der Waals surface area (Å²) in [4.78, 5) is 11.8. The van der Waals surface area contributed by atoms with Crippen molar-refractivity contribution in [2.45, 2.75) is 19.1 Å². The third-order valence-electron chi connectivity index (χ3n) is 3.39. The molecule has 2 aromatic rings. The van der Waals surface area contributed by atoms with Gasteiger partial charge in [-0.3, -0.25) is 4.79 Å². The monoisotopic (exact) mass is 335 g/mol. The van der Waals surface area contributed by atoms with E-state index in [0.717, 1.165) is 11.1 Å². The predicted octanol–water partition coefficient (Wildman–Crippen LogP) is 3.08. The zero-order chi connectivity index (χ0) is 16.9. The van der Waals surface area contributed by atoms with Crippen molar-refractivity contribution < 1.29 is 17.6 Å². The molecule has 0 aliphatic rings. The van der Waals surface area contributed by atoms with Crippen LogP contribution in [0.25, 0.3) is 0 Å². The number of anilines is 1. The van der Waals surface area contributed by atoms with Gasteiger partial charge in [0.05, 0.1) is 11.5 Å². The van der Waals surface area contributed by atoms with Crippen molar-refractivity contribution in [2.24, 2.45) is 0 Å². The van der Waals surface area contributed by atoms with E-state index < -0.39 is 21.6 Å². The van der Waals surface area contributed by atoms with E-state index in [1.54, 1.807) is 18.2 Å². The lowest BCUT2D eigenvalue weighted by Gasteiger charge is -2.08. The van der Waals surface area contributed by atoms with Gasteiger partial charge in [0.15, 0.2) is 9.84 Å². The second-order valence-corrected chi connectivity index (χ2v) is 7.51. The van der Waals surface area contributed by atoms with E-state index in [9.17, 15) is 17.6 Å². The van der Waals surface area contributed by atoms with Crippen LogP contribution in [0.2, 0.25) is 0 Å². The van der Waals surface area contributed by atoms with Gasteiger partial charge in [-0.1, -0.05) is 30.3 Å². The van der Waals surface area contributed by atoms with Crippen LogP contribution >= 0.6 is 0 Å². The molecule has 0 bridgehead atoms. The number of hydrogen-bond acceptors (Lipinski definition) is 3. The van der Waals surface area contributed by atoms with E-state index in [1.807, 2.05) is 19.1 Å².